The average molecular weight is 499 g/mol. The standard InChI is InChI=1S/C21H23BrN8O2/c1-4-14-17(22)16-18(26-14)27-21(28-20(16)30-6-5-12(9-30)25-11(2)31)32-13-7-15-19(23-8-13)29(3)10-24-15/h7-8,10,12H,4-6,9H2,1-3H3,(H,25,31)(H,26,27,28)/t12-/m0/s1. The Bertz CT molecular complexity index is 1330. The van der Waals surface area contributed by atoms with Gasteiger partial charge < -0.3 is 24.5 Å². The summed E-state index contributed by atoms with van der Waals surface area (Å²) >= 11 is 3.72. The molecule has 0 saturated carbocycles. The fourth-order valence-corrected chi connectivity index (χ4v) is 4.85. The van der Waals surface area contributed by atoms with E-state index in [1.54, 1.807) is 19.4 Å². The number of H-pyrrole nitrogens is 1. The highest BCUT2D eigenvalue weighted by atomic mass is 79.9. The molecule has 1 amide bonds. The zero-order valence-electron chi connectivity index (χ0n) is 18.0. The van der Waals surface area contributed by atoms with Gasteiger partial charge in [-0.3, -0.25) is 4.79 Å². The topological polar surface area (TPSA) is 114 Å². The maximum Gasteiger partial charge on any atom is 0.326 e. The predicted octanol–water partition coefficient (Wildman–Crippen LogP) is 3.07. The molecule has 2 N–H and O–H groups in total. The third kappa shape index (κ3) is 3.66. The van der Waals surface area contributed by atoms with Crippen molar-refractivity contribution in [3.05, 3.63) is 28.8 Å². The Morgan fingerprint density at radius 2 is 2.22 bits per heavy atom. The number of pyridine rings is 1. The average Bonchev–Trinajstić information content (AvgIpc) is 3.45. The van der Waals surface area contributed by atoms with E-state index in [9.17, 15) is 4.79 Å². The molecular formula is C21H23BrN8O2. The number of nitrogens with one attached hydrogen (secondary N) is 2. The number of anilines is 1. The first-order valence-corrected chi connectivity index (χ1v) is 11.3. The Kier molecular flexibility index (Phi) is 5.20. The van der Waals surface area contributed by atoms with Gasteiger partial charge in [-0.2, -0.15) is 9.97 Å². The normalized spacial score (nSPS) is 16.2. The van der Waals surface area contributed by atoms with E-state index in [0.717, 1.165) is 51.9 Å². The molecule has 5 heterocycles. The molecule has 5 rings (SSSR count). The number of hydrogen-bond acceptors (Lipinski definition) is 7. The highest BCUT2D eigenvalue weighted by Gasteiger charge is 2.28. The molecule has 1 saturated heterocycles. The minimum Gasteiger partial charge on any atom is -0.422 e. The molecule has 166 valence electrons. The number of amides is 1. The van der Waals surface area contributed by atoms with E-state index in [1.807, 2.05) is 17.7 Å². The van der Waals surface area contributed by atoms with Crippen molar-refractivity contribution in [3.8, 4) is 11.8 Å². The van der Waals surface area contributed by atoms with Crippen LogP contribution in [-0.4, -0.2) is 54.5 Å². The first-order chi connectivity index (χ1) is 15.4. The molecule has 32 heavy (non-hydrogen) atoms. The molecule has 0 unspecified atom stereocenters. The lowest BCUT2D eigenvalue weighted by Gasteiger charge is -2.19. The summed E-state index contributed by atoms with van der Waals surface area (Å²) in [5, 5.41) is 3.91. The largest absolute Gasteiger partial charge is 0.422 e. The molecule has 1 aliphatic heterocycles. The second kappa shape index (κ2) is 8.05. The first kappa shape index (κ1) is 20.7. The summed E-state index contributed by atoms with van der Waals surface area (Å²) in [4.78, 5) is 35.2. The Labute approximate surface area is 192 Å². The van der Waals surface area contributed by atoms with Gasteiger partial charge in [-0.15, -0.1) is 0 Å². The van der Waals surface area contributed by atoms with Crippen LogP contribution in [0.25, 0.3) is 22.2 Å². The van der Waals surface area contributed by atoms with Crippen LogP contribution in [0.3, 0.4) is 0 Å². The van der Waals surface area contributed by atoms with Gasteiger partial charge in [-0.1, -0.05) is 6.92 Å². The van der Waals surface area contributed by atoms with E-state index in [4.69, 9.17) is 9.72 Å². The van der Waals surface area contributed by atoms with E-state index < -0.39 is 0 Å². The number of carbonyl (C=O) groups is 1. The Balaban J connectivity index is 1.54. The highest BCUT2D eigenvalue weighted by Crippen LogP contribution is 2.37. The van der Waals surface area contributed by atoms with Crippen LogP contribution in [0, 0.1) is 0 Å². The molecule has 4 aromatic rings. The monoisotopic (exact) mass is 498 g/mol. The lowest BCUT2D eigenvalue weighted by atomic mass is 10.2. The fourth-order valence-electron chi connectivity index (χ4n) is 4.11. The Morgan fingerprint density at radius 1 is 1.38 bits per heavy atom. The molecule has 0 radical (unpaired) electrons. The number of nitrogens with zero attached hydrogens (tertiary/aromatic N) is 6. The summed E-state index contributed by atoms with van der Waals surface area (Å²) in [5.41, 5.74) is 3.25. The zero-order chi connectivity index (χ0) is 22.4. The molecule has 0 aromatic carbocycles. The first-order valence-electron chi connectivity index (χ1n) is 10.5. The molecule has 0 aliphatic carbocycles. The van der Waals surface area contributed by atoms with E-state index in [-0.39, 0.29) is 18.0 Å². The number of imidazole rings is 1. The van der Waals surface area contributed by atoms with Crippen molar-refractivity contribution < 1.29 is 9.53 Å². The number of halogens is 1. The second-order valence-electron chi connectivity index (χ2n) is 7.93. The Hall–Kier alpha value is -3.21. The molecule has 10 nitrogen and oxygen atoms in total. The van der Waals surface area contributed by atoms with Crippen molar-refractivity contribution in [2.75, 3.05) is 18.0 Å². The summed E-state index contributed by atoms with van der Waals surface area (Å²) in [6, 6.07) is 2.13. The third-order valence-corrected chi connectivity index (χ3v) is 6.48. The van der Waals surface area contributed by atoms with Gasteiger partial charge in [0.2, 0.25) is 5.91 Å². The van der Waals surface area contributed by atoms with Crippen LogP contribution in [0.5, 0.6) is 11.8 Å². The van der Waals surface area contributed by atoms with Gasteiger partial charge >= 0.3 is 6.01 Å². The number of hydrogen-bond donors (Lipinski definition) is 2. The molecule has 0 bridgehead atoms. The smallest absolute Gasteiger partial charge is 0.326 e. The summed E-state index contributed by atoms with van der Waals surface area (Å²) in [7, 11) is 1.89. The lowest BCUT2D eigenvalue weighted by Crippen LogP contribution is -2.35. The fraction of sp³-hybridized carbons (Fsp3) is 0.381. The van der Waals surface area contributed by atoms with Crippen LogP contribution in [-0.2, 0) is 18.3 Å². The predicted molar refractivity (Wildman–Crippen MR) is 124 cm³/mol. The van der Waals surface area contributed by atoms with Crippen LogP contribution >= 0.6 is 15.9 Å². The molecule has 1 atom stereocenters. The van der Waals surface area contributed by atoms with E-state index in [0.29, 0.717) is 17.9 Å². The van der Waals surface area contributed by atoms with Gasteiger partial charge in [-0.25, -0.2) is 9.97 Å². The maximum absolute atomic E-state index is 11.5. The second-order valence-corrected chi connectivity index (χ2v) is 8.72. The van der Waals surface area contributed by atoms with Crippen molar-refractivity contribution in [1.29, 1.82) is 0 Å². The van der Waals surface area contributed by atoms with Crippen molar-refractivity contribution in [2.24, 2.45) is 7.05 Å². The molecule has 0 spiro atoms. The van der Waals surface area contributed by atoms with Crippen LogP contribution in [0.4, 0.5) is 5.82 Å². The Morgan fingerprint density at radius 3 is 3.00 bits per heavy atom. The van der Waals surface area contributed by atoms with E-state index in [2.05, 4.69) is 53.0 Å². The zero-order valence-corrected chi connectivity index (χ0v) is 19.6. The minimum atomic E-state index is -0.0257. The van der Waals surface area contributed by atoms with Crippen molar-refractivity contribution in [3.63, 3.8) is 0 Å². The van der Waals surface area contributed by atoms with Crippen molar-refractivity contribution in [2.45, 2.75) is 32.7 Å². The van der Waals surface area contributed by atoms with Crippen LogP contribution < -0.4 is 15.0 Å². The number of aryl methyl sites for hydroxylation is 2. The summed E-state index contributed by atoms with van der Waals surface area (Å²) in [6.07, 6.45) is 5.03. The number of rotatable bonds is 5. The molecule has 1 aliphatic rings. The van der Waals surface area contributed by atoms with Crippen LogP contribution in [0.2, 0.25) is 0 Å². The molecule has 11 heteroatoms. The van der Waals surface area contributed by atoms with Crippen molar-refractivity contribution in [1.82, 2.24) is 34.8 Å². The van der Waals surface area contributed by atoms with Gasteiger partial charge in [-0.05, 0) is 28.8 Å². The summed E-state index contributed by atoms with van der Waals surface area (Å²) < 4.78 is 8.82. The number of aromatic amines is 1. The third-order valence-electron chi connectivity index (χ3n) is 5.61. The van der Waals surface area contributed by atoms with Gasteiger partial charge in [0.15, 0.2) is 11.4 Å². The van der Waals surface area contributed by atoms with E-state index in [1.165, 1.54) is 0 Å². The van der Waals surface area contributed by atoms with Crippen LogP contribution in [0.1, 0.15) is 26.0 Å². The number of carbonyl (C=O) groups excluding carboxylic acids is 1. The summed E-state index contributed by atoms with van der Waals surface area (Å²) in [6.45, 7) is 5.07. The number of ether oxygens (including phenoxy) is 1. The van der Waals surface area contributed by atoms with Gasteiger partial charge in [0.1, 0.15) is 17.0 Å². The lowest BCUT2D eigenvalue weighted by molar-refractivity contribution is -0.119. The van der Waals surface area contributed by atoms with Gasteiger partial charge in [0.25, 0.3) is 0 Å². The molecule has 4 aromatic heterocycles. The van der Waals surface area contributed by atoms with Crippen molar-refractivity contribution >= 4 is 49.9 Å². The number of aromatic nitrogens is 6. The maximum atomic E-state index is 11.5. The van der Waals surface area contributed by atoms with Gasteiger partial charge in [0.05, 0.1) is 22.4 Å². The quantitative estimate of drug-likeness (QED) is 0.434. The highest BCUT2D eigenvalue weighted by molar-refractivity contribution is 9.10. The number of fused-ring (bicyclic) bond motifs is 2. The van der Waals surface area contributed by atoms with Crippen LogP contribution in [0.15, 0.2) is 23.1 Å². The molecular weight excluding hydrogens is 476 g/mol. The minimum absolute atomic E-state index is 0.0257. The molecule has 1 fully saturated rings. The SMILES string of the molecule is CCc1[nH]c2nc(Oc3cnc4c(c3)ncn4C)nc(N3CC[C@H](NC(C)=O)C3)c2c1Br. The summed E-state index contributed by atoms with van der Waals surface area (Å²) in [5.74, 6) is 1.26. The van der Waals surface area contributed by atoms with Gasteiger partial charge in [0, 0.05) is 44.9 Å². The van der Waals surface area contributed by atoms with E-state index >= 15 is 0 Å².